The van der Waals surface area contributed by atoms with Crippen LogP contribution in [-0.2, 0) is 31.8 Å². The largest absolute Gasteiger partial charge is 0.493 e. The van der Waals surface area contributed by atoms with E-state index in [-0.39, 0.29) is 41.0 Å². The standard InChI is InChI=1S/C41H45F3N8O5S/c1-5-26-19-29(52-39(58)51(38(56)40(52,3)4)30-21-31(41(42,43)44)33(22-45)46-23-30)9-11-34(26)57-18-15-25-13-16-50(17-14-25)24(2)36(54)48-28-8-6-7-27(20-28)47-32-10-12-35(53)49-37(32)55/h6-9,11,19-21,23-25,32,47H,5,10,12-18H2,1-4H3,(H,48,54)(H,49,53,55)/t24-,32-/m0/s1. The number of hydrogen-bond acceptors (Lipinski definition) is 10. The third-order valence-corrected chi connectivity index (χ3v) is 11.3. The van der Waals surface area contributed by atoms with Gasteiger partial charge in [-0.2, -0.15) is 18.4 Å². The van der Waals surface area contributed by atoms with Gasteiger partial charge in [0.15, 0.2) is 10.8 Å². The van der Waals surface area contributed by atoms with Crippen LogP contribution >= 0.6 is 12.2 Å². The number of likely N-dealkylation sites (tertiary alicyclic amines) is 1. The highest BCUT2D eigenvalue weighted by Crippen LogP contribution is 2.40. The highest BCUT2D eigenvalue weighted by molar-refractivity contribution is 7.81. The molecule has 3 fully saturated rings. The molecule has 6 rings (SSSR count). The maximum absolute atomic E-state index is 13.7. The molecule has 3 N–H and O–H groups in total. The molecule has 3 aliphatic rings. The number of hydrogen-bond donors (Lipinski definition) is 3. The van der Waals surface area contributed by atoms with Gasteiger partial charge in [-0.3, -0.25) is 34.3 Å². The first-order valence-electron chi connectivity index (χ1n) is 19.2. The summed E-state index contributed by atoms with van der Waals surface area (Å²) in [6.07, 6.45) is 0.0740. The number of halogens is 3. The van der Waals surface area contributed by atoms with Crippen molar-refractivity contribution >= 4 is 63.7 Å². The van der Waals surface area contributed by atoms with Gasteiger partial charge in [0, 0.05) is 23.5 Å². The summed E-state index contributed by atoms with van der Waals surface area (Å²) in [6, 6.07) is 13.9. The number of nitrogens with zero attached hydrogens (tertiary/aromatic N) is 5. The van der Waals surface area contributed by atoms with Crippen molar-refractivity contribution in [3.05, 3.63) is 71.5 Å². The zero-order valence-electron chi connectivity index (χ0n) is 32.6. The molecule has 3 aromatic rings. The Morgan fingerprint density at radius 1 is 1.09 bits per heavy atom. The number of amides is 4. The summed E-state index contributed by atoms with van der Waals surface area (Å²) >= 11 is 5.69. The summed E-state index contributed by atoms with van der Waals surface area (Å²) in [4.78, 5) is 59.0. The van der Waals surface area contributed by atoms with Crippen LogP contribution < -0.4 is 30.5 Å². The van der Waals surface area contributed by atoms with E-state index in [1.165, 1.54) is 6.07 Å². The molecule has 4 heterocycles. The summed E-state index contributed by atoms with van der Waals surface area (Å²) in [6.45, 7) is 9.12. The maximum Gasteiger partial charge on any atom is 0.419 e. The summed E-state index contributed by atoms with van der Waals surface area (Å²) in [5.74, 6) is -0.234. The number of aromatic nitrogens is 1. The minimum absolute atomic E-state index is 0.0166. The van der Waals surface area contributed by atoms with Gasteiger partial charge in [0.2, 0.25) is 17.7 Å². The summed E-state index contributed by atoms with van der Waals surface area (Å²) in [7, 11) is 0. The Balaban J connectivity index is 1.01. The fourth-order valence-corrected chi connectivity index (χ4v) is 8.08. The van der Waals surface area contributed by atoms with Crippen LogP contribution in [0.5, 0.6) is 5.75 Å². The number of ether oxygens (including phenoxy) is 1. The van der Waals surface area contributed by atoms with Gasteiger partial charge in [0.25, 0.3) is 5.91 Å². The quantitative estimate of drug-likeness (QED) is 0.142. The average Bonchev–Trinajstić information content (AvgIpc) is 3.37. The molecule has 0 unspecified atom stereocenters. The minimum Gasteiger partial charge on any atom is -0.493 e. The average molecular weight is 819 g/mol. The molecular weight excluding hydrogens is 774 g/mol. The fourth-order valence-electron chi connectivity index (χ4n) is 7.56. The van der Waals surface area contributed by atoms with E-state index >= 15 is 0 Å². The monoisotopic (exact) mass is 818 g/mol. The molecule has 13 nitrogen and oxygen atoms in total. The van der Waals surface area contributed by atoms with Crippen molar-refractivity contribution in [2.75, 3.05) is 40.1 Å². The van der Waals surface area contributed by atoms with Gasteiger partial charge in [0.05, 0.1) is 30.1 Å². The van der Waals surface area contributed by atoms with Crippen LogP contribution in [0, 0.1) is 17.2 Å². The fraction of sp³-hybridized carbons (Fsp3) is 0.439. The Bertz CT molecular complexity index is 2150. The molecule has 2 aromatic carbocycles. The summed E-state index contributed by atoms with van der Waals surface area (Å²) in [5.41, 5.74) is -0.752. The predicted molar refractivity (Wildman–Crippen MR) is 215 cm³/mol. The highest BCUT2D eigenvalue weighted by atomic mass is 32.1. The smallest absolute Gasteiger partial charge is 0.419 e. The number of thiocarbonyl (C=S) groups is 1. The second kappa shape index (κ2) is 17.1. The van der Waals surface area contributed by atoms with E-state index in [1.54, 1.807) is 49.1 Å². The lowest BCUT2D eigenvalue weighted by molar-refractivity contribution is -0.138. The number of piperidine rings is 2. The molecule has 0 radical (unpaired) electrons. The zero-order valence-corrected chi connectivity index (χ0v) is 33.4. The first kappa shape index (κ1) is 42.0. The lowest BCUT2D eigenvalue weighted by Crippen LogP contribution is -2.47. The van der Waals surface area contributed by atoms with Crippen molar-refractivity contribution in [1.29, 1.82) is 5.26 Å². The Labute approximate surface area is 339 Å². The highest BCUT2D eigenvalue weighted by Gasteiger charge is 2.51. The number of imide groups is 1. The normalized spacial score (nSPS) is 19.4. The Morgan fingerprint density at radius 3 is 2.48 bits per heavy atom. The lowest BCUT2D eigenvalue weighted by Gasteiger charge is -2.35. The summed E-state index contributed by atoms with van der Waals surface area (Å²) < 4.78 is 47.5. The molecule has 306 valence electrons. The van der Waals surface area contributed by atoms with Crippen molar-refractivity contribution in [3.63, 3.8) is 0 Å². The number of rotatable bonds is 12. The molecule has 1 aromatic heterocycles. The van der Waals surface area contributed by atoms with E-state index in [0.29, 0.717) is 48.2 Å². The topological polar surface area (TPSA) is 160 Å². The third-order valence-electron chi connectivity index (χ3n) is 11.0. The predicted octanol–water partition coefficient (Wildman–Crippen LogP) is 6.18. The van der Waals surface area contributed by atoms with Crippen LogP contribution in [0.4, 0.5) is 35.9 Å². The van der Waals surface area contributed by atoms with Crippen molar-refractivity contribution in [2.24, 2.45) is 5.92 Å². The van der Waals surface area contributed by atoms with Crippen molar-refractivity contribution in [2.45, 2.75) is 90.0 Å². The van der Waals surface area contributed by atoms with E-state index in [2.05, 4.69) is 25.8 Å². The Hall–Kier alpha value is -5.60. The van der Waals surface area contributed by atoms with E-state index in [0.717, 1.165) is 55.1 Å². The van der Waals surface area contributed by atoms with Gasteiger partial charge in [-0.05, 0) is 132 Å². The van der Waals surface area contributed by atoms with Crippen LogP contribution in [0.2, 0.25) is 0 Å². The van der Waals surface area contributed by atoms with E-state index in [4.69, 9.17) is 17.0 Å². The van der Waals surface area contributed by atoms with Crippen molar-refractivity contribution in [1.82, 2.24) is 15.2 Å². The van der Waals surface area contributed by atoms with Crippen molar-refractivity contribution < 1.29 is 37.1 Å². The van der Waals surface area contributed by atoms with Gasteiger partial charge >= 0.3 is 6.18 Å². The number of carbonyl (C=O) groups excluding carboxylic acids is 4. The number of anilines is 4. The number of carbonyl (C=O) groups is 4. The molecule has 2 atom stereocenters. The first-order valence-corrected chi connectivity index (χ1v) is 19.6. The first-order chi connectivity index (χ1) is 27.5. The van der Waals surface area contributed by atoms with Crippen molar-refractivity contribution in [3.8, 4) is 11.8 Å². The number of nitrogens with one attached hydrogen (secondary N) is 3. The molecule has 58 heavy (non-hydrogen) atoms. The molecular formula is C41H45F3N8O5S. The van der Waals surface area contributed by atoms with Gasteiger partial charge in [-0.15, -0.1) is 0 Å². The Kier molecular flexibility index (Phi) is 12.4. The van der Waals surface area contributed by atoms with E-state index in [9.17, 15) is 37.6 Å². The maximum atomic E-state index is 13.7. The second-order valence-electron chi connectivity index (χ2n) is 15.2. The molecule has 3 saturated heterocycles. The number of benzene rings is 2. The van der Waals surface area contributed by atoms with Gasteiger partial charge in [0.1, 0.15) is 23.4 Å². The molecule has 4 amide bonds. The second-order valence-corrected chi connectivity index (χ2v) is 15.5. The van der Waals surface area contributed by atoms with E-state index < -0.39 is 34.9 Å². The number of aryl methyl sites for hydroxylation is 1. The number of pyridine rings is 1. The third kappa shape index (κ3) is 8.92. The molecule has 3 aliphatic heterocycles. The van der Waals surface area contributed by atoms with Crippen LogP contribution in [0.15, 0.2) is 54.7 Å². The minimum atomic E-state index is -4.86. The molecule has 17 heteroatoms. The Morgan fingerprint density at radius 2 is 1.81 bits per heavy atom. The zero-order chi connectivity index (χ0) is 41.9. The summed E-state index contributed by atoms with van der Waals surface area (Å²) in [5, 5.41) is 17.6. The lowest BCUT2D eigenvalue weighted by atomic mass is 9.93. The molecule has 0 bridgehead atoms. The molecule has 0 aliphatic carbocycles. The number of alkyl halides is 3. The van der Waals surface area contributed by atoms with Crippen LogP contribution in [-0.4, -0.2) is 75.9 Å². The van der Waals surface area contributed by atoms with Crippen LogP contribution in [0.3, 0.4) is 0 Å². The van der Waals surface area contributed by atoms with Crippen LogP contribution in [0.25, 0.3) is 0 Å². The van der Waals surface area contributed by atoms with Gasteiger partial charge < -0.3 is 20.3 Å². The van der Waals surface area contributed by atoms with E-state index in [1.807, 2.05) is 26.0 Å². The molecule has 0 saturated carbocycles. The molecule has 0 spiro atoms. The van der Waals surface area contributed by atoms with Gasteiger partial charge in [-0.25, -0.2) is 4.98 Å². The number of nitriles is 1. The SMILES string of the molecule is CCc1cc(N2C(=S)N(c3cnc(C#N)c(C(F)(F)F)c3)C(=O)C2(C)C)ccc1OCCC1CCN([C@@H](C)C(=O)Nc2cccc(N[C@H]3CCC(=O)NC3=O)c2)CC1. The van der Waals surface area contributed by atoms with Crippen LogP contribution in [0.1, 0.15) is 76.6 Å². The van der Waals surface area contributed by atoms with Gasteiger partial charge in [-0.1, -0.05) is 13.0 Å².